The Morgan fingerprint density at radius 3 is 1.57 bits per heavy atom. The third-order valence-corrected chi connectivity index (χ3v) is 4.51. The molecule has 1 aromatic heterocycles. The smallest absolute Gasteiger partial charge is 0.0403 e. The number of aromatic nitrogens is 1. The molecule has 0 aliphatic heterocycles. The first-order valence-corrected chi connectivity index (χ1v) is 9.83. The summed E-state index contributed by atoms with van der Waals surface area (Å²) in [6.45, 7) is 2.29. The van der Waals surface area contributed by atoms with Gasteiger partial charge in [0.2, 0.25) is 0 Å². The molecular weight excluding hydrogens is 282 g/mol. The summed E-state index contributed by atoms with van der Waals surface area (Å²) in [6, 6.07) is 6.23. The Balaban J connectivity index is 0.00000484. The Labute approximate surface area is 144 Å². The molecule has 0 amide bonds. The quantitative estimate of drug-likeness (QED) is 0.350. The molecule has 0 spiro atoms. The van der Waals surface area contributed by atoms with E-state index in [2.05, 4.69) is 24.0 Å². The average Bonchev–Trinajstić information content (AvgIpc) is 2.56. The van der Waals surface area contributed by atoms with Gasteiger partial charge < -0.3 is 5.48 Å². The second kappa shape index (κ2) is 17.5. The molecular formula is C21H39NO. The van der Waals surface area contributed by atoms with Crippen LogP contribution in [0.15, 0.2) is 24.4 Å². The molecule has 2 N–H and O–H groups in total. The Morgan fingerprint density at radius 1 is 0.652 bits per heavy atom. The van der Waals surface area contributed by atoms with Crippen molar-refractivity contribution in [2.45, 2.75) is 103 Å². The normalized spacial score (nSPS) is 10.5. The molecule has 0 aliphatic rings. The zero-order chi connectivity index (χ0) is 15.7. The van der Waals surface area contributed by atoms with Crippen LogP contribution in [0.25, 0.3) is 0 Å². The van der Waals surface area contributed by atoms with Crippen molar-refractivity contribution in [3.05, 3.63) is 30.1 Å². The van der Waals surface area contributed by atoms with E-state index in [1.165, 1.54) is 95.6 Å². The maximum absolute atomic E-state index is 4.38. The molecule has 0 atom stereocenters. The molecule has 0 fully saturated rings. The van der Waals surface area contributed by atoms with E-state index < -0.39 is 0 Å². The van der Waals surface area contributed by atoms with Gasteiger partial charge in [-0.05, 0) is 25.0 Å². The van der Waals surface area contributed by atoms with E-state index in [-0.39, 0.29) is 5.48 Å². The monoisotopic (exact) mass is 321 g/mol. The van der Waals surface area contributed by atoms with Crippen LogP contribution in [0.1, 0.15) is 103 Å². The highest BCUT2D eigenvalue weighted by Crippen LogP contribution is 2.13. The fourth-order valence-corrected chi connectivity index (χ4v) is 3.05. The Kier molecular flexibility index (Phi) is 16.8. The molecule has 0 aromatic carbocycles. The van der Waals surface area contributed by atoms with E-state index in [9.17, 15) is 0 Å². The molecule has 1 heterocycles. The zero-order valence-electron chi connectivity index (χ0n) is 15.4. The minimum absolute atomic E-state index is 0. The first-order chi connectivity index (χ1) is 10.9. The molecule has 0 bridgehead atoms. The van der Waals surface area contributed by atoms with E-state index in [0.29, 0.717) is 0 Å². The SMILES string of the molecule is CCCCCCCCCCCCCCCCc1ccccn1.O. The van der Waals surface area contributed by atoms with Gasteiger partial charge in [-0.25, -0.2) is 0 Å². The van der Waals surface area contributed by atoms with Crippen molar-refractivity contribution in [1.29, 1.82) is 0 Å². The van der Waals surface area contributed by atoms with Crippen molar-refractivity contribution in [2.75, 3.05) is 0 Å². The van der Waals surface area contributed by atoms with Gasteiger partial charge in [-0.3, -0.25) is 4.98 Å². The van der Waals surface area contributed by atoms with Crippen molar-refractivity contribution in [3.63, 3.8) is 0 Å². The number of hydrogen-bond acceptors (Lipinski definition) is 1. The van der Waals surface area contributed by atoms with Crippen LogP contribution in [0.5, 0.6) is 0 Å². The number of unbranched alkanes of at least 4 members (excludes halogenated alkanes) is 13. The summed E-state index contributed by atoms with van der Waals surface area (Å²) < 4.78 is 0. The van der Waals surface area contributed by atoms with Crippen molar-refractivity contribution in [1.82, 2.24) is 4.98 Å². The van der Waals surface area contributed by atoms with Gasteiger partial charge in [0, 0.05) is 11.9 Å². The van der Waals surface area contributed by atoms with Crippen LogP contribution in [-0.4, -0.2) is 10.5 Å². The van der Waals surface area contributed by atoms with Gasteiger partial charge in [0.05, 0.1) is 0 Å². The highest BCUT2D eigenvalue weighted by Gasteiger charge is 1.95. The Bertz CT molecular complexity index is 326. The van der Waals surface area contributed by atoms with Crippen LogP contribution in [0, 0.1) is 0 Å². The lowest BCUT2D eigenvalue weighted by molar-refractivity contribution is 0.535. The topological polar surface area (TPSA) is 44.4 Å². The minimum atomic E-state index is 0. The summed E-state index contributed by atoms with van der Waals surface area (Å²) in [4.78, 5) is 4.38. The summed E-state index contributed by atoms with van der Waals surface area (Å²) in [5.74, 6) is 0. The zero-order valence-corrected chi connectivity index (χ0v) is 15.4. The number of hydrogen-bond donors (Lipinski definition) is 0. The maximum Gasteiger partial charge on any atom is 0.0403 e. The van der Waals surface area contributed by atoms with Gasteiger partial charge in [0.15, 0.2) is 0 Å². The largest absolute Gasteiger partial charge is 0.412 e. The predicted octanol–water partition coefficient (Wildman–Crippen LogP) is 6.28. The maximum atomic E-state index is 4.38. The Hall–Kier alpha value is -0.890. The molecule has 0 saturated carbocycles. The number of aryl methyl sites for hydroxylation is 1. The molecule has 2 heteroatoms. The van der Waals surface area contributed by atoms with Crippen LogP contribution in [0.3, 0.4) is 0 Å². The molecule has 0 radical (unpaired) electrons. The molecule has 134 valence electrons. The fraction of sp³-hybridized carbons (Fsp3) is 0.762. The van der Waals surface area contributed by atoms with Crippen molar-refractivity contribution in [3.8, 4) is 0 Å². The minimum Gasteiger partial charge on any atom is -0.412 e. The van der Waals surface area contributed by atoms with Crippen LogP contribution >= 0.6 is 0 Å². The standard InChI is InChI=1S/C21H37N.H2O/c1-2-3-4-5-6-7-8-9-10-11-12-13-14-15-18-21-19-16-17-20-22-21;/h16-17,19-20H,2-15,18H2,1H3;1H2. The molecule has 0 saturated heterocycles. The number of pyridine rings is 1. The van der Waals surface area contributed by atoms with Gasteiger partial charge in [0.25, 0.3) is 0 Å². The highest BCUT2D eigenvalue weighted by molar-refractivity contribution is 5.03. The Morgan fingerprint density at radius 2 is 1.13 bits per heavy atom. The summed E-state index contributed by atoms with van der Waals surface area (Å²) in [6.07, 6.45) is 23.0. The number of nitrogens with zero attached hydrogens (tertiary/aromatic N) is 1. The van der Waals surface area contributed by atoms with E-state index in [1.807, 2.05) is 12.3 Å². The van der Waals surface area contributed by atoms with E-state index in [0.717, 1.165) is 6.42 Å². The van der Waals surface area contributed by atoms with E-state index in [1.54, 1.807) is 0 Å². The molecule has 1 rings (SSSR count). The van der Waals surface area contributed by atoms with Gasteiger partial charge >= 0.3 is 0 Å². The molecule has 0 unspecified atom stereocenters. The van der Waals surface area contributed by atoms with E-state index >= 15 is 0 Å². The third kappa shape index (κ3) is 14.4. The highest BCUT2D eigenvalue weighted by atomic mass is 16.0. The van der Waals surface area contributed by atoms with Crippen molar-refractivity contribution < 1.29 is 5.48 Å². The fourth-order valence-electron chi connectivity index (χ4n) is 3.05. The van der Waals surface area contributed by atoms with Gasteiger partial charge in [-0.1, -0.05) is 96.5 Å². The van der Waals surface area contributed by atoms with Gasteiger partial charge in [-0.15, -0.1) is 0 Å². The van der Waals surface area contributed by atoms with Crippen LogP contribution in [-0.2, 0) is 6.42 Å². The van der Waals surface area contributed by atoms with E-state index in [4.69, 9.17) is 0 Å². The lowest BCUT2D eigenvalue weighted by atomic mass is 10.0. The van der Waals surface area contributed by atoms with Crippen LogP contribution in [0.2, 0.25) is 0 Å². The van der Waals surface area contributed by atoms with Gasteiger partial charge in [0.1, 0.15) is 0 Å². The molecule has 0 aliphatic carbocycles. The second-order valence-corrected chi connectivity index (χ2v) is 6.67. The van der Waals surface area contributed by atoms with Crippen molar-refractivity contribution >= 4 is 0 Å². The third-order valence-electron chi connectivity index (χ3n) is 4.51. The molecule has 23 heavy (non-hydrogen) atoms. The first kappa shape index (κ1) is 22.1. The summed E-state index contributed by atoms with van der Waals surface area (Å²) >= 11 is 0. The lowest BCUT2D eigenvalue weighted by Crippen LogP contribution is -1.89. The summed E-state index contributed by atoms with van der Waals surface area (Å²) in [5, 5.41) is 0. The number of rotatable bonds is 15. The molecule has 1 aromatic rings. The average molecular weight is 322 g/mol. The lowest BCUT2D eigenvalue weighted by Gasteiger charge is -2.03. The summed E-state index contributed by atoms with van der Waals surface area (Å²) in [7, 11) is 0. The predicted molar refractivity (Wildman–Crippen MR) is 102 cm³/mol. The van der Waals surface area contributed by atoms with Crippen LogP contribution < -0.4 is 0 Å². The van der Waals surface area contributed by atoms with Crippen molar-refractivity contribution in [2.24, 2.45) is 0 Å². The summed E-state index contributed by atoms with van der Waals surface area (Å²) in [5.41, 5.74) is 1.25. The van der Waals surface area contributed by atoms with Crippen LogP contribution in [0.4, 0.5) is 0 Å². The molecule has 2 nitrogen and oxygen atoms in total. The first-order valence-electron chi connectivity index (χ1n) is 9.83. The second-order valence-electron chi connectivity index (χ2n) is 6.67. The van der Waals surface area contributed by atoms with Gasteiger partial charge in [-0.2, -0.15) is 0 Å².